The molecule has 7 heteroatoms. The van der Waals surface area contributed by atoms with Gasteiger partial charge in [0.25, 0.3) is 0 Å². The fourth-order valence-corrected chi connectivity index (χ4v) is 3.19. The largest absolute Gasteiger partial charge is 0.360 e. The minimum Gasteiger partial charge on any atom is -0.360 e. The summed E-state index contributed by atoms with van der Waals surface area (Å²) in [7, 11) is -0.514. The Kier molecular flexibility index (Phi) is 4.79. The topological polar surface area (TPSA) is 44.9 Å². The van der Waals surface area contributed by atoms with Gasteiger partial charge in [-0.15, -0.1) is 0 Å². The number of pyridine rings is 1. The molecule has 0 bridgehead atoms. The molecule has 0 radical (unpaired) electrons. The van der Waals surface area contributed by atoms with Crippen molar-refractivity contribution in [3.8, 4) is 5.69 Å². The van der Waals surface area contributed by atoms with Crippen LogP contribution in [0.5, 0.6) is 0 Å². The van der Waals surface area contributed by atoms with E-state index >= 15 is 0 Å². The molecule has 3 aromatic heterocycles. The summed E-state index contributed by atoms with van der Waals surface area (Å²) in [6, 6.07) is 4.03. The van der Waals surface area contributed by atoms with E-state index in [1.807, 2.05) is 33.9 Å². The van der Waals surface area contributed by atoms with Crippen LogP contribution in [0.25, 0.3) is 16.7 Å². The Hall–Kier alpha value is -1.31. The Bertz CT molecular complexity index is 806. The molecule has 0 aliphatic heterocycles. The highest BCUT2D eigenvalue weighted by molar-refractivity contribution is 9.10. The Morgan fingerprint density at radius 2 is 2.09 bits per heavy atom. The molecule has 3 heterocycles. The molecule has 0 N–H and O–H groups in total. The average molecular weight is 397 g/mol. The normalized spacial score (nSPS) is 12.9. The predicted molar refractivity (Wildman–Crippen MR) is 101 cm³/mol. The van der Waals surface area contributed by atoms with E-state index in [1.54, 1.807) is 6.20 Å². The van der Waals surface area contributed by atoms with Gasteiger partial charge in [-0.25, -0.2) is 19.7 Å². The van der Waals surface area contributed by atoms with E-state index in [1.165, 1.54) is 0 Å². The van der Waals surface area contributed by atoms with Gasteiger partial charge in [0.1, 0.15) is 12.4 Å². The van der Waals surface area contributed by atoms with E-state index in [4.69, 9.17) is 4.74 Å². The van der Waals surface area contributed by atoms with Crippen molar-refractivity contribution in [3.63, 3.8) is 0 Å². The van der Waals surface area contributed by atoms with Crippen LogP contribution < -0.4 is 0 Å². The van der Waals surface area contributed by atoms with Gasteiger partial charge in [0.2, 0.25) is 0 Å². The predicted octanol–water partition coefficient (Wildman–Crippen LogP) is 3.65. The molecule has 0 unspecified atom stereocenters. The lowest BCUT2D eigenvalue weighted by Gasteiger charge is -2.24. The molecule has 3 aromatic rings. The minimum atomic E-state index is -0.514. The summed E-state index contributed by atoms with van der Waals surface area (Å²) >= 11 is 3.43. The highest BCUT2D eigenvalue weighted by Gasteiger charge is 2.10. The van der Waals surface area contributed by atoms with E-state index in [0.29, 0.717) is 6.73 Å². The van der Waals surface area contributed by atoms with Crippen LogP contribution in [0.4, 0.5) is 0 Å². The second-order valence-electron chi connectivity index (χ2n) is 6.29. The highest BCUT2D eigenvalue weighted by Crippen LogP contribution is 2.33. The molecule has 0 aliphatic rings. The zero-order valence-corrected chi connectivity index (χ0v) is 16.0. The number of halogens is 1. The number of rotatable bonds is 6. The third-order valence-electron chi connectivity index (χ3n) is 3.51. The van der Waals surface area contributed by atoms with Crippen LogP contribution in [-0.4, -0.2) is 50.5 Å². The van der Waals surface area contributed by atoms with Gasteiger partial charge in [0.05, 0.1) is 23.0 Å². The third-order valence-corrected chi connectivity index (χ3v) is 5.31. The molecule has 0 atom stereocenters. The summed E-state index contributed by atoms with van der Waals surface area (Å²) in [5.74, 6) is 1.12. The molecule has 3 rings (SSSR count). The van der Waals surface area contributed by atoms with Crippen LogP contribution in [0.2, 0.25) is 0 Å². The first-order valence-electron chi connectivity index (χ1n) is 7.32. The number of hydrogen-bond acceptors (Lipinski definition) is 3. The van der Waals surface area contributed by atoms with E-state index in [2.05, 4.69) is 50.8 Å². The molecule has 0 aromatic carbocycles. The first-order chi connectivity index (χ1) is 10.9. The molecule has 0 amide bonds. The molecular formula is C16H21BrN4OS. The maximum absolute atomic E-state index is 5.83. The van der Waals surface area contributed by atoms with Crippen molar-refractivity contribution in [2.45, 2.75) is 6.73 Å². The molecule has 0 saturated carbocycles. The van der Waals surface area contributed by atoms with Gasteiger partial charge in [-0.2, -0.15) is 5.10 Å². The Morgan fingerprint density at radius 3 is 2.78 bits per heavy atom. The van der Waals surface area contributed by atoms with Gasteiger partial charge in [0, 0.05) is 29.7 Å². The lowest BCUT2D eigenvalue weighted by atomic mass is 10.3. The van der Waals surface area contributed by atoms with Crippen molar-refractivity contribution in [2.24, 2.45) is 0 Å². The van der Waals surface area contributed by atoms with E-state index in [-0.39, 0.29) is 0 Å². The first-order valence-corrected chi connectivity index (χ1v) is 11.1. The molecule has 0 saturated heterocycles. The van der Waals surface area contributed by atoms with Crippen LogP contribution in [0.15, 0.2) is 41.4 Å². The maximum atomic E-state index is 5.83. The summed E-state index contributed by atoms with van der Waals surface area (Å²) in [5.41, 5.74) is 1.93. The van der Waals surface area contributed by atoms with Crippen molar-refractivity contribution in [1.82, 2.24) is 19.3 Å². The summed E-state index contributed by atoms with van der Waals surface area (Å²) in [6.07, 6.45) is 14.5. The SMILES string of the molecule is CS(C)(C)CCOCn1ccc2c(-n3cc(Br)cn3)ccnc21. The smallest absolute Gasteiger partial charge is 0.143 e. The van der Waals surface area contributed by atoms with Gasteiger partial charge in [-0.3, -0.25) is 0 Å². The standard InChI is InChI=1S/C16H21BrN4OS/c1-23(2,3)9-8-22-12-20-7-5-14-15(4-6-18-16(14)20)21-11-13(17)10-19-21/h4-7,10-11H,8-9,12H2,1-3H3. The summed E-state index contributed by atoms with van der Waals surface area (Å²) in [4.78, 5) is 4.50. The van der Waals surface area contributed by atoms with Gasteiger partial charge < -0.3 is 9.30 Å². The molecule has 0 aliphatic carbocycles. The molecule has 124 valence electrons. The van der Waals surface area contributed by atoms with E-state index in [0.717, 1.165) is 33.6 Å². The number of aromatic nitrogens is 4. The van der Waals surface area contributed by atoms with Gasteiger partial charge in [-0.05, 0) is 46.8 Å². The van der Waals surface area contributed by atoms with Crippen LogP contribution in [-0.2, 0) is 11.5 Å². The highest BCUT2D eigenvalue weighted by atomic mass is 79.9. The fraction of sp³-hybridized carbons (Fsp3) is 0.375. The minimum absolute atomic E-state index is 0.514. The Morgan fingerprint density at radius 1 is 1.26 bits per heavy atom. The molecule has 23 heavy (non-hydrogen) atoms. The van der Waals surface area contributed by atoms with Gasteiger partial charge in [-0.1, -0.05) is 0 Å². The number of fused-ring (bicyclic) bond motifs is 1. The zero-order valence-electron chi connectivity index (χ0n) is 13.6. The third kappa shape index (κ3) is 3.97. The van der Waals surface area contributed by atoms with Crippen molar-refractivity contribution in [2.75, 3.05) is 31.1 Å². The zero-order chi connectivity index (χ0) is 16.4. The Labute approximate surface area is 146 Å². The van der Waals surface area contributed by atoms with Crippen LogP contribution in [0, 0.1) is 0 Å². The lowest BCUT2D eigenvalue weighted by molar-refractivity contribution is 0.0924. The van der Waals surface area contributed by atoms with E-state index in [9.17, 15) is 0 Å². The van der Waals surface area contributed by atoms with Crippen molar-refractivity contribution < 1.29 is 4.74 Å². The molecule has 5 nitrogen and oxygen atoms in total. The average Bonchev–Trinajstić information content (AvgIpc) is 3.09. The quantitative estimate of drug-likeness (QED) is 0.597. The second kappa shape index (κ2) is 6.67. The lowest BCUT2D eigenvalue weighted by Crippen LogP contribution is -2.09. The van der Waals surface area contributed by atoms with Crippen molar-refractivity contribution >= 4 is 37.0 Å². The van der Waals surface area contributed by atoms with Gasteiger partial charge >= 0.3 is 0 Å². The summed E-state index contributed by atoms with van der Waals surface area (Å²) in [5, 5.41) is 5.42. The summed E-state index contributed by atoms with van der Waals surface area (Å²) < 4.78 is 10.7. The molecular weight excluding hydrogens is 376 g/mol. The fourth-order valence-electron chi connectivity index (χ4n) is 2.28. The van der Waals surface area contributed by atoms with Crippen LogP contribution >= 0.6 is 26.0 Å². The van der Waals surface area contributed by atoms with Crippen molar-refractivity contribution in [3.05, 3.63) is 41.4 Å². The van der Waals surface area contributed by atoms with E-state index < -0.39 is 10.0 Å². The monoisotopic (exact) mass is 396 g/mol. The van der Waals surface area contributed by atoms with Crippen LogP contribution in [0.1, 0.15) is 0 Å². The van der Waals surface area contributed by atoms with Gasteiger partial charge in [0.15, 0.2) is 0 Å². The first kappa shape index (κ1) is 16.5. The molecule has 0 spiro atoms. The number of hydrogen-bond donors (Lipinski definition) is 0. The number of ether oxygens (including phenoxy) is 1. The maximum Gasteiger partial charge on any atom is 0.143 e. The summed E-state index contributed by atoms with van der Waals surface area (Å²) in [6.45, 7) is 1.31. The number of nitrogens with zero attached hydrogens (tertiary/aromatic N) is 4. The Balaban J connectivity index is 1.79. The van der Waals surface area contributed by atoms with Crippen molar-refractivity contribution in [1.29, 1.82) is 0 Å². The second-order valence-corrected chi connectivity index (χ2v) is 11.8. The molecule has 0 fully saturated rings. The van der Waals surface area contributed by atoms with Crippen LogP contribution in [0.3, 0.4) is 0 Å².